The number of hydrogen-bond donors (Lipinski definition) is 2. The number of benzene rings is 2. The molecule has 2 N–H and O–H groups in total. The van der Waals surface area contributed by atoms with Gasteiger partial charge in [-0.05, 0) is 66.6 Å². The van der Waals surface area contributed by atoms with Crippen LogP contribution in [0.3, 0.4) is 0 Å². The minimum atomic E-state index is -4.77. The van der Waals surface area contributed by atoms with E-state index in [-0.39, 0.29) is 11.0 Å². The Morgan fingerprint density at radius 2 is 1.62 bits per heavy atom. The lowest BCUT2D eigenvalue weighted by Crippen LogP contribution is -2.20. The van der Waals surface area contributed by atoms with E-state index in [1.54, 1.807) is 30.5 Å². The Morgan fingerprint density at radius 3 is 2.16 bits per heavy atom. The molecule has 168 valence electrons. The average molecular weight is 466 g/mol. The summed E-state index contributed by atoms with van der Waals surface area (Å²) in [6, 6.07) is 11.3. The summed E-state index contributed by atoms with van der Waals surface area (Å²) in [6.45, 7) is 1.99. The largest absolute Gasteiger partial charge is 0.573 e. The van der Waals surface area contributed by atoms with Gasteiger partial charge in [-0.25, -0.2) is 9.78 Å². The molecule has 0 atom stereocenters. The molecule has 0 aliphatic rings. The molecule has 0 unspecified atom stereocenters. The Kier molecular flexibility index (Phi) is 7.04. The van der Waals surface area contributed by atoms with E-state index in [0.29, 0.717) is 17.2 Å². The van der Waals surface area contributed by atoms with Crippen LogP contribution in [0.2, 0.25) is 5.28 Å². The van der Waals surface area contributed by atoms with E-state index >= 15 is 0 Å². The number of aromatic nitrogens is 2. The Balaban J connectivity index is 1.62. The quantitative estimate of drug-likeness (QED) is 0.436. The Labute approximate surface area is 187 Å². The third-order valence-corrected chi connectivity index (χ3v) is 4.55. The van der Waals surface area contributed by atoms with E-state index in [1.165, 1.54) is 12.1 Å². The van der Waals surface area contributed by atoms with Crippen molar-refractivity contribution in [3.05, 3.63) is 65.6 Å². The second kappa shape index (κ2) is 9.73. The van der Waals surface area contributed by atoms with E-state index in [9.17, 15) is 18.0 Å². The molecule has 0 fully saturated rings. The fraction of sp³-hybridized carbons (Fsp3) is 0.190. The van der Waals surface area contributed by atoms with E-state index in [4.69, 9.17) is 11.6 Å². The zero-order valence-electron chi connectivity index (χ0n) is 17.1. The van der Waals surface area contributed by atoms with Gasteiger partial charge in [0.1, 0.15) is 11.6 Å². The normalized spacial score (nSPS) is 11.1. The summed E-state index contributed by atoms with van der Waals surface area (Å²) < 4.78 is 40.4. The Morgan fingerprint density at radius 1 is 1.06 bits per heavy atom. The van der Waals surface area contributed by atoms with Gasteiger partial charge in [0.15, 0.2) is 0 Å². The SMILES string of the molecule is CCc1cnc(Cl)nc1N(C)c1ccc(NC(=O)Nc2ccc(OC(F)(F)F)cc2)cc1. The van der Waals surface area contributed by atoms with Crippen molar-refractivity contribution in [1.29, 1.82) is 0 Å². The van der Waals surface area contributed by atoms with E-state index < -0.39 is 12.4 Å². The highest BCUT2D eigenvalue weighted by Crippen LogP contribution is 2.27. The van der Waals surface area contributed by atoms with Crippen molar-refractivity contribution >= 4 is 40.5 Å². The molecule has 0 radical (unpaired) electrons. The molecule has 7 nitrogen and oxygen atoms in total. The van der Waals surface area contributed by atoms with Gasteiger partial charge in [0.05, 0.1) is 0 Å². The molecule has 1 aromatic heterocycles. The lowest BCUT2D eigenvalue weighted by molar-refractivity contribution is -0.274. The molecule has 3 aromatic rings. The Hall–Kier alpha value is -3.53. The molecule has 1 heterocycles. The van der Waals surface area contributed by atoms with Crippen molar-refractivity contribution in [3.8, 4) is 5.75 Å². The maximum absolute atomic E-state index is 12.2. The summed E-state index contributed by atoms with van der Waals surface area (Å²) >= 11 is 5.93. The maximum atomic E-state index is 12.2. The smallest absolute Gasteiger partial charge is 0.406 e. The van der Waals surface area contributed by atoms with Gasteiger partial charge in [0.2, 0.25) is 5.28 Å². The number of alkyl halides is 3. The minimum absolute atomic E-state index is 0.150. The van der Waals surface area contributed by atoms with Crippen LogP contribution in [-0.4, -0.2) is 29.4 Å². The fourth-order valence-electron chi connectivity index (χ4n) is 2.84. The summed E-state index contributed by atoms with van der Waals surface area (Å²) in [6.07, 6.45) is -2.35. The number of ether oxygens (including phenoxy) is 1. The average Bonchev–Trinajstić information content (AvgIpc) is 2.74. The molecule has 3 rings (SSSR count). The van der Waals surface area contributed by atoms with Crippen molar-refractivity contribution in [3.63, 3.8) is 0 Å². The van der Waals surface area contributed by atoms with Crippen LogP contribution in [-0.2, 0) is 6.42 Å². The van der Waals surface area contributed by atoms with Crippen LogP contribution in [0, 0.1) is 0 Å². The summed E-state index contributed by atoms with van der Waals surface area (Å²) in [5.41, 5.74) is 2.58. The van der Waals surface area contributed by atoms with E-state index in [2.05, 4.69) is 25.3 Å². The molecular weight excluding hydrogens is 447 g/mol. The molecule has 32 heavy (non-hydrogen) atoms. The number of urea groups is 1. The molecular formula is C21H19ClF3N5O2. The molecule has 0 aliphatic heterocycles. The van der Waals surface area contributed by atoms with Gasteiger partial charge in [-0.1, -0.05) is 6.92 Å². The number of nitrogens with one attached hydrogen (secondary N) is 2. The number of carbonyl (C=O) groups is 1. The van der Waals surface area contributed by atoms with Crippen molar-refractivity contribution in [2.75, 3.05) is 22.6 Å². The zero-order chi connectivity index (χ0) is 23.3. The first-order chi connectivity index (χ1) is 15.1. The topological polar surface area (TPSA) is 79.4 Å². The van der Waals surface area contributed by atoms with Crippen molar-refractivity contribution in [2.24, 2.45) is 0 Å². The number of hydrogen-bond acceptors (Lipinski definition) is 5. The third kappa shape index (κ3) is 6.24. The van der Waals surface area contributed by atoms with Crippen LogP contribution in [0.25, 0.3) is 0 Å². The van der Waals surface area contributed by atoms with Crippen LogP contribution in [0.1, 0.15) is 12.5 Å². The monoisotopic (exact) mass is 465 g/mol. The van der Waals surface area contributed by atoms with Gasteiger partial charge >= 0.3 is 12.4 Å². The molecule has 0 aliphatic carbocycles. The van der Waals surface area contributed by atoms with Crippen molar-refractivity contribution in [1.82, 2.24) is 9.97 Å². The first kappa shape index (κ1) is 23.1. The lowest BCUT2D eigenvalue weighted by atomic mass is 10.2. The van der Waals surface area contributed by atoms with Crippen LogP contribution >= 0.6 is 11.6 Å². The van der Waals surface area contributed by atoms with Gasteiger partial charge in [-0.3, -0.25) is 0 Å². The Bertz CT molecular complexity index is 1080. The highest BCUT2D eigenvalue weighted by molar-refractivity contribution is 6.28. The molecule has 2 amide bonds. The number of anilines is 4. The van der Waals surface area contributed by atoms with Crippen LogP contribution in [0.5, 0.6) is 5.75 Å². The van der Waals surface area contributed by atoms with Gasteiger partial charge < -0.3 is 20.3 Å². The first-order valence-electron chi connectivity index (χ1n) is 9.43. The standard InChI is InChI=1S/C21H19ClF3N5O2/c1-3-13-12-26-19(22)29-18(13)30(2)16-8-4-14(5-9-16)27-20(31)28-15-6-10-17(11-7-15)32-21(23,24)25/h4-12H,3H2,1-2H3,(H2,27,28,31). The molecule has 2 aromatic carbocycles. The number of halogens is 4. The van der Waals surface area contributed by atoms with Gasteiger partial charge in [-0.2, -0.15) is 4.98 Å². The summed E-state index contributed by atoms with van der Waals surface area (Å²) in [5, 5.41) is 5.34. The minimum Gasteiger partial charge on any atom is -0.406 e. The highest BCUT2D eigenvalue weighted by atomic mass is 35.5. The number of aryl methyl sites for hydroxylation is 1. The highest BCUT2D eigenvalue weighted by Gasteiger charge is 2.30. The first-order valence-corrected chi connectivity index (χ1v) is 9.81. The number of nitrogens with zero attached hydrogens (tertiary/aromatic N) is 3. The second-order valence-corrected chi connectivity index (χ2v) is 6.94. The number of carbonyl (C=O) groups excluding carboxylic acids is 1. The molecule has 0 saturated carbocycles. The molecule has 11 heteroatoms. The number of amides is 2. The summed E-state index contributed by atoms with van der Waals surface area (Å²) in [5.74, 6) is 0.309. The van der Waals surface area contributed by atoms with Crippen LogP contribution in [0.4, 0.5) is 40.8 Å². The van der Waals surface area contributed by atoms with Crippen molar-refractivity contribution in [2.45, 2.75) is 19.7 Å². The van der Waals surface area contributed by atoms with Gasteiger partial charge in [0.25, 0.3) is 0 Å². The third-order valence-electron chi connectivity index (χ3n) is 4.37. The lowest BCUT2D eigenvalue weighted by Gasteiger charge is -2.21. The van der Waals surface area contributed by atoms with Crippen LogP contribution in [0.15, 0.2) is 54.7 Å². The van der Waals surface area contributed by atoms with E-state index in [1.807, 2.05) is 18.9 Å². The fourth-order valence-corrected chi connectivity index (χ4v) is 2.97. The molecule has 0 spiro atoms. The summed E-state index contributed by atoms with van der Waals surface area (Å²) in [7, 11) is 1.85. The zero-order valence-corrected chi connectivity index (χ0v) is 17.8. The van der Waals surface area contributed by atoms with Gasteiger partial charge in [-0.15, -0.1) is 13.2 Å². The van der Waals surface area contributed by atoms with Crippen LogP contribution < -0.4 is 20.3 Å². The predicted octanol–water partition coefficient (Wildman–Crippen LogP) is 6.00. The predicted molar refractivity (Wildman–Crippen MR) is 117 cm³/mol. The van der Waals surface area contributed by atoms with Crippen molar-refractivity contribution < 1.29 is 22.7 Å². The second-order valence-electron chi connectivity index (χ2n) is 6.60. The maximum Gasteiger partial charge on any atom is 0.573 e. The summed E-state index contributed by atoms with van der Waals surface area (Å²) in [4.78, 5) is 22.3. The molecule has 0 saturated heterocycles. The molecule has 0 bridgehead atoms. The van der Waals surface area contributed by atoms with Gasteiger partial charge in [0, 0.05) is 35.9 Å². The van der Waals surface area contributed by atoms with E-state index in [0.717, 1.165) is 29.8 Å². The number of rotatable bonds is 6.